The summed E-state index contributed by atoms with van der Waals surface area (Å²) in [5, 5.41) is 10.6. The number of hydrogen-bond acceptors (Lipinski definition) is 4. The first-order valence-electron chi connectivity index (χ1n) is 9.47. The first-order valence-corrected chi connectivity index (χ1v) is 9.47. The van der Waals surface area contributed by atoms with Crippen molar-refractivity contribution in [1.82, 2.24) is 10.3 Å². The predicted octanol–water partition coefficient (Wildman–Crippen LogP) is 4.54. The smallest absolute Gasteiger partial charge is 0.0729 e. The molecular weight excluding hydrogens is 332 g/mol. The maximum Gasteiger partial charge on any atom is 0.0729 e. The molecule has 1 aliphatic heterocycles. The zero-order valence-corrected chi connectivity index (χ0v) is 15.2. The van der Waals surface area contributed by atoms with E-state index in [0.29, 0.717) is 0 Å². The molecule has 0 bridgehead atoms. The Bertz CT molecular complexity index is 1080. The van der Waals surface area contributed by atoms with Crippen LogP contribution in [0.15, 0.2) is 72.9 Å². The van der Waals surface area contributed by atoms with Crippen molar-refractivity contribution in [1.29, 1.82) is 0 Å². The molecule has 3 aromatic carbocycles. The fourth-order valence-corrected chi connectivity index (χ4v) is 3.78. The van der Waals surface area contributed by atoms with E-state index in [1.807, 2.05) is 12.3 Å². The van der Waals surface area contributed by atoms with Crippen LogP contribution in [0.5, 0.6) is 0 Å². The highest BCUT2D eigenvalue weighted by Gasteiger charge is 2.10. The highest BCUT2D eigenvalue weighted by molar-refractivity contribution is 6.02. The summed E-state index contributed by atoms with van der Waals surface area (Å²) >= 11 is 0. The van der Waals surface area contributed by atoms with Crippen molar-refractivity contribution in [3.8, 4) is 0 Å². The van der Waals surface area contributed by atoms with Gasteiger partial charge in [-0.1, -0.05) is 24.3 Å². The van der Waals surface area contributed by atoms with Crippen LogP contribution in [0.2, 0.25) is 0 Å². The molecule has 4 aromatic rings. The second-order valence-electron chi connectivity index (χ2n) is 6.98. The first kappa shape index (κ1) is 16.1. The summed E-state index contributed by atoms with van der Waals surface area (Å²) in [7, 11) is 0. The maximum atomic E-state index is 4.56. The third kappa shape index (κ3) is 3.20. The van der Waals surface area contributed by atoms with Crippen LogP contribution in [-0.2, 0) is 0 Å². The van der Waals surface area contributed by atoms with Crippen molar-refractivity contribution in [3.05, 3.63) is 72.9 Å². The Kier molecular flexibility index (Phi) is 4.11. The summed E-state index contributed by atoms with van der Waals surface area (Å²) < 4.78 is 0. The Morgan fingerprint density at radius 2 is 1.59 bits per heavy atom. The van der Waals surface area contributed by atoms with Crippen molar-refractivity contribution >= 4 is 38.7 Å². The molecule has 0 amide bonds. The van der Waals surface area contributed by atoms with Crippen molar-refractivity contribution < 1.29 is 0 Å². The number of aromatic nitrogens is 1. The molecule has 134 valence electrons. The number of anilines is 3. The predicted molar refractivity (Wildman–Crippen MR) is 114 cm³/mol. The van der Waals surface area contributed by atoms with E-state index >= 15 is 0 Å². The summed E-state index contributed by atoms with van der Waals surface area (Å²) in [5.74, 6) is 0. The molecule has 2 heterocycles. The fraction of sp³-hybridized carbons (Fsp3) is 0.174. The van der Waals surface area contributed by atoms with Gasteiger partial charge in [0.15, 0.2) is 0 Å². The second-order valence-corrected chi connectivity index (χ2v) is 6.98. The van der Waals surface area contributed by atoms with E-state index in [1.165, 1.54) is 16.5 Å². The zero-order valence-electron chi connectivity index (χ0n) is 15.2. The molecule has 0 spiro atoms. The summed E-state index contributed by atoms with van der Waals surface area (Å²) in [5.41, 5.74) is 4.47. The highest BCUT2D eigenvalue weighted by Crippen LogP contribution is 2.29. The number of nitrogens with one attached hydrogen (secondary N) is 2. The van der Waals surface area contributed by atoms with Gasteiger partial charge in [0.05, 0.1) is 5.52 Å². The number of fused-ring (bicyclic) bond motifs is 2. The number of rotatable bonds is 3. The molecule has 27 heavy (non-hydrogen) atoms. The molecule has 0 atom stereocenters. The normalized spacial score (nSPS) is 14.6. The minimum Gasteiger partial charge on any atom is -0.369 e. The van der Waals surface area contributed by atoms with Crippen LogP contribution in [-0.4, -0.2) is 31.2 Å². The van der Waals surface area contributed by atoms with Crippen LogP contribution >= 0.6 is 0 Å². The van der Waals surface area contributed by atoms with Crippen LogP contribution in [0.4, 0.5) is 17.1 Å². The molecule has 2 N–H and O–H groups in total. The van der Waals surface area contributed by atoms with Crippen molar-refractivity contribution in [3.63, 3.8) is 0 Å². The standard InChI is InChI=1S/C23H22N4/c1-2-4-18-16-23-21(15-17(18)3-1)22(9-10-25-23)26-19-5-7-20(8-6-19)27-13-11-24-12-14-27/h1-10,15-16,24H,11-14H2,(H,25,26). The van der Waals surface area contributed by atoms with Gasteiger partial charge >= 0.3 is 0 Å². The van der Waals surface area contributed by atoms with Crippen LogP contribution in [0.25, 0.3) is 21.7 Å². The SMILES string of the molecule is c1ccc2cc3c(Nc4ccc(N5CCNCC5)cc4)ccnc3cc2c1. The summed E-state index contributed by atoms with van der Waals surface area (Å²) in [4.78, 5) is 6.98. The fourth-order valence-electron chi connectivity index (χ4n) is 3.78. The lowest BCUT2D eigenvalue weighted by molar-refractivity contribution is 0.589. The van der Waals surface area contributed by atoms with Gasteiger partial charge in [0, 0.05) is 54.8 Å². The van der Waals surface area contributed by atoms with E-state index < -0.39 is 0 Å². The Hall–Kier alpha value is -3.11. The van der Waals surface area contributed by atoms with Crippen LogP contribution in [0, 0.1) is 0 Å². The molecule has 5 rings (SSSR count). The molecule has 0 radical (unpaired) electrons. The Morgan fingerprint density at radius 1 is 0.852 bits per heavy atom. The molecule has 0 aliphatic carbocycles. The lowest BCUT2D eigenvalue weighted by atomic mass is 10.1. The molecule has 4 nitrogen and oxygen atoms in total. The Balaban J connectivity index is 1.46. The van der Waals surface area contributed by atoms with Gasteiger partial charge in [-0.25, -0.2) is 0 Å². The number of nitrogens with zero attached hydrogens (tertiary/aromatic N) is 2. The van der Waals surface area contributed by atoms with Crippen LogP contribution in [0.3, 0.4) is 0 Å². The van der Waals surface area contributed by atoms with E-state index in [2.05, 4.69) is 81.2 Å². The van der Waals surface area contributed by atoms with Crippen molar-refractivity contribution in [2.24, 2.45) is 0 Å². The summed E-state index contributed by atoms with van der Waals surface area (Å²) in [6, 6.07) is 23.6. The minimum absolute atomic E-state index is 1.01. The maximum absolute atomic E-state index is 4.56. The molecule has 1 aromatic heterocycles. The quantitative estimate of drug-likeness (QED) is 0.530. The first-order chi connectivity index (χ1) is 13.4. The van der Waals surface area contributed by atoms with Gasteiger partial charge in [-0.3, -0.25) is 4.98 Å². The molecule has 0 saturated carbocycles. The number of hydrogen-bond donors (Lipinski definition) is 2. The van der Waals surface area contributed by atoms with E-state index in [9.17, 15) is 0 Å². The Morgan fingerprint density at radius 3 is 2.37 bits per heavy atom. The van der Waals surface area contributed by atoms with Crippen molar-refractivity contribution in [2.75, 3.05) is 36.4 Å². The minimum atomic E-state index is 1.01. The Labute approximate surface area is 158 Å². The van der Waals surface area contributed by atoms with Gasteiger partial charge in [-0.15, -0.1) is 0 Å². The lowest BCUT2D eigenvalue weighted by Crippen LogP contribution is -2.43. The van der Waals surface area contributed by atoms with Crippen molar-refractivity contribution in [2.45, 2.75) is 0 Å². The lowest BCUT2D eigenvalue weighted by Gasteiger charge is -2.29. The molecule has 0 unspecified atom stereocenters. The van der Waals surface area contributed by atoms with Gasteiger partial charge in [0.2, 0.25) is 0 Å². The van der Waals surface area contributed by atoms with Gasteiger partial charge < -0.3 is 15.5 Å². The average molecular weight is 354 g/mol. The monoisotopic (exact) mass is 354 g/mol. The van der Waals surface area contributed by atoms with Gasteiger partial charge in [-0.05, 0) is 53.2 Å². The summed E-state index contributed by atoms with van der Waals surface area (Å²) in [6.07, 6.45) is 1.87. The summed E-state index contributed by atoms with van der Waals surface area (Å²) in [6.45, 7) is 4.23. The number of benzene rings is 3. The molecule has 1 aliphatic rings. The van der Waals surface area contributed by atoms with E-state index in [0.717, 1.165) is 48.5 Å². The van der Waals surface area contributed by atoms with Crippen LogP contribution < -0.4 is 15.5 Å². The average Bonchev–Trinajstić information content (AvgIpc) is 2.74. The third-order valence-corrected chi connectivity index (χ3v) is 5.24. The van der Waals surface area contributed by atoms with E-state index in [1.54, 1.807) is 0 Å². The van der Waals surface area contributed by atoms with E-state index in [-0.39, 0.29) is 0 Å². The molecular formula is C23H22N4. The number of piperazine rings is 1. The highest BCUT2D eigenvalue weighted by atomic mass is 15.2. The number of pyridine rings is 1. The molecule has 1 saturated heterocycles. The zero-order chi connectivity index (χ0) is 18.1. The van der Waals surface area contributed by atoms with E-state index in [4.69, 9.17) is 0 Å². The van der Waals surface area contributed by atoms with Crippen LogP contribution in [0.1, 0.15) is 0 Å². The van der Waals surface area contributed by atoms with Gasteiger partial charge in [-0.2, -0.15) is 0 Å². The topological polar surface area (TPSA) is 40.2 Å². The third-order valence-electron chi connectivity index (χ3n) is 5.24. The second kappa shape index (κ2) is 6.89. The largest absolute Gasteiger partial charge is 0.369 e. The molecule has 4 heteroatoms. The molecule has 1 fully saturated rings. The van der Waals surface area contributed by atoms with Gasteiger partial charge in [0.1, 0.15) is 0 Å². The van der Waals surface area contributed by atoms with Gasteiger partial charge in [0.25, 0.3) is 0 Å².